The van der Waals surface area contributed by atoms with Crippen LogP contribution in [-0.2, 0) is 6.61 Å². The number of nitrogens with two attached hydrogens (primary N) is 1. The van der Waals surface area contributed by atoms with Gasteiger partial charge in [0.25, 0.3) is 0 Å². The molecule has 3 aromatic rings. The highest BCUT2D eigenvalue weighted by molar-refractivity contribution is 14.1. The molecule has 0 aliphatic heterocycles. The van der Waals surface area contributed by atoms with Crippen LogP contribution >= 0.6 is 34.2 Å². The molecule has 158 valence electrons. The third kappa shape index (κ3) is 6.08. The molecule has 7 heteroatoms. The molecule has 3 aromatic carbocycles. The highest BCUT2D eigenvalue weighted by Crippen LogP contribution is 2.35. The summed E-state index contributed by atoms with van der Waals surface area (Å²) >= 11 is 8.19. The molecule has 0 saturated carbocycles. The van der Waals surface area contributed by atoms with Crippen LogP contribution < -0.4 is 15.2 Å². The summed E-state index contributed by atoms with van der Waals surface area (Å²) in [5.74, 6) is 0.349. The quantitative estimate of drug-likeness (QED) is 0.229. The zero-order valence-electron chi connectivity index (χ0n) is 16.6. The number of ether oxygens (including phenoxy) is 2. The van der Waals surface area contributed by atoms with Gasteiger partial charge >= 0.3 is 0 Å². The maximum absolute atomic E-state index is 12.5. The minimum atomic E-state index is -0.578. The van der Waals surface area contributed by atoms with Gasteiger partial charge < -0.3 is 15.2 Å². The van der Waals surface area contributed by atoms with Crippen molar-refractivity contribution < 1.29 is 19.1 Å². The molecule has 3 rings (SSSR count). The molecule has 0 aromatic heterocycles. The molecule has 31 heavy (non-hydrogen) atoms. The lowest BCUT2D eigenvalue weighted by atomic mass is 10.1. The van der Waals surface area contributed by atoms with Crippen molar-refractivity contribution in [2.45, 2.75) is 6.61 Å². The summed E-state index contributed by atoms with van der Waals surface area (Å²) in [6.45, 7) is 0.344. The first kappa shape index (κ1) is 22.8. The largest absolute Gasteiger partial charge is 0.493 e. The minimum Gasteiger partial charge on any atom is -0.493 e. The van der Waals surface area contributed by atoms with E-state index < -0.39 is 5.91 Å². The molecular weight excluding hydrogens is 529 g/mol. The zero-order valence-corrected chi connectivity index (χ0v) is 19.5. The molecule has 0 heterocycles. The molecule has 0 bridgehead atoms. The molecule has 5 nitrogen and oxygen atoms in total. The number of methoxy groups -OCH3 is 1. The second-order valence-electron chi connectivity index (χ2n) is 6.60. The van der Waals surface area contributed by atoms with E-state index in [2.05, 4.69) is 22.6 Å². The molecule has 0 unspecified atom stereocenters. The van der Waals surface area contributed by atoms with Crippen molar-refractivity contribution in [2.75, 3.05) is 7.11 Å². The predicted octanol–water partition coefficient (Wildman–Crippen LogP) is 5.53. The summed E-state index contributed by atoms with van der Waals surface area (Å²) in [6.07, 6.45) is 3.13. The number of amides is 1. The van der Waals surface area contributed by atoms with Gasteiger partial charge in [-0.3, -0.25) is 9.59 Å². The number of hydrogen-bond acceptors (Lipinski definition) is 4. The Morgan fingerprint density at radius 1 is 1.06 bits per heavy atom. The normalized spacial score (nSPS) is 10.8. The standard InChI is InChI=1S/C24H19ClINO4/c1-30-22-12-15(8-9-21(28)17-5-3-6-18(13-17)24(27)29)11-20(26)23(22)31-14-16-4-2-7-19(25)10-16/h2-13H,14H2,1H3,(H2,27,29). The van der Waals surface area contributed by atoms with Gasteiger partial charge in [-0.05, 0) is 76.2 Å². The molecular formula is C24H19ClINO4. The number of carbonyl (C=O) groups is 2. The van der Waals surface area contributed by atoms with Crippen LogP contribution in [0, 0.1) is 3.57 Å². The average Bonchev–Trinajstić information content (AvgIpc) is 2.76. The topological polar surface area (TPSA) is 78.6 Å². The summed E-state index contributed by atoms with van der Waals surface area (Å²) in [5.41, 5.74) is 7.67. The molecule has 2 N–H and O–H groups in total. The lowest BCUT2D eigenvalue weighted by molar-refractivity contribution is 0.1000. The van der Waals surface area contributed by atoms with E-state index in [4.69, 9.17) is 26.8 Å². The maximum Gasteiger partial charge on any atom is 0.248 e. The van der Waals surface area contributed by atoms with Gasteiger partial charge in [-0.1, -0.05) is 41.9 Å². The molecule has 0 spiro atoms. The van der Waals surface area contributed by atoms with Crippen LogP contribution in [0.2, 0.25) is 5.02 Å². The molecule has 0 atom stereocenters. The lowest BCUT2D eigenvalue weighted by Gasteiger charge is -2.14. The van der Waals surface area contributed by atoms with E-state index in [1.54, 1.807) is 37.5 Å². The summed E-state index contributed by atoms with van der Waals surface area (Å²) in [7, 11) is 1.56. The van der Waals surface area contributed by atoms with E-state index in [0.29, 0.717) is 28.7 Å². The fourth-order valence-electron chi connectivity index (χ4n) is 2.85. The number of ketones is 1. The average molecular weight is 548 g/mol. The van der Waals surface area contributed by atoms with E-state index in [0.717, 1.165) is 14.7 Å². The number of rotatable bonds is 8. The smallest absolute Gasteiger partial charge is 0.248 e. The predicted molar refractivity (Wildman–Crippen MR) is 130 cm³/mol. The van der Waals surface area contributed by atoms with Gasteiger partial charge in [0, 0.05) is 16.1 Å². The van der Waals surface area contributed by atoms with Gasteiger partial charge in [-0.2, -0.15) is 0 Å². The van der Waals surface area contributed by atoms with Gasteiger partial charge in [0.05, 0.1) is 10.7 Å². The van der Waals surface area contributed by atoms with E-state index in [9.17, 15) is 9.59 Å². The Bertz CT molecular complexity index is 1160. The first-order valence-electron chi connectivity index (χ1n) is 9.24. The van der Waals surface area contributed by atoms with Crippen LogP contribution in [0.5, 0.6) is 11.5 Å². The Hall–Kier alpha value is -2.84. The molecule has 0 fully saturated rings. The Labute approximate surface area is 199 Å². The molecule has 0 radical (unpaired) electrons. The third-order valence-electron chi connectivity index (χ3n) is 4.38. The van der Waals surface area contributed by atoms with Crippen molar-refractivity contribution in [1.29, 1.82) is 0 Å². The number of hydrogen-bond donors (Lipinski definition) is 1. The van der Waals surface area contributed by atoms with E-state index >= 15 is 0 Å². The second kappa shape index (κ2) is 10.5. The van der Waals surface area contributed by atoms with E-state index in [1.165, 1.54) is 12.1 Å². The fourth-order valence-corrected chi connectivity index (χ4v) is 3.85. The van der Waals surface area contributed by atoms with Crippen LogP contribution in [-0.4, -0.2) is 18.8 Å². The van der Waals surface area contributed by atoms with Crippen molar-refractivity contribution in [2.24, 2.45) is 5.73 Å². The highest BCUT2D eigenvalue weighted by atomic mass is 127. The lowest BCUT2D eigenvalue weighted by Crippen LogP contribution is -2.11. The van der Waals surface area contributed by atoms with Crippen LogP contribution in [0.1, 0.15) is 31.8 Å². The molecule has 0 saturated heterocycles. The van der Waals surface area contributed by atoms with Gasteiger partial charge in [0.2, 0.25) is 5.91 Å². The van der Waals surface area contributed by atoms with E-state index in [-0.39, 0.29) is 11.3 Å². The summed E-state index contributed by atoms with van der Waals surface area (Å²) in [5, 5.41) is 0.647. The Kier molecular flexibility index (Phi) is 7.70. The molecule has 0 aliphatic rings. The summed E-state index contributed by atoms with van der Waals surface area (Å²) in [6, 6.07) is 17.4. The number of primary amides is 1. The first-order chi connectivity index (χ1) is 14.9. The van der Waals surface area contributed by atoms with E-state index in [1.807, 2.05) is 30.3 Å². The van der Waals surface area contributed by atoms with Crippen molar-refractivity contribution in [3.8, 4) is 11.5 Å². The highest BCUT2D eigenvalue weighted by Gasteiger charge is 2.12. The number of halogens is 2. The maximum atomic E-state index is 12.5. The fraction of sp³-hybridized carbons (Fsp3) is 0.0833. The van der Waals surface area contributed by atoms with Crippen LogP contribution in [0.15, 0.2) is 66.7 Å². The van der Waals surface area contributed by atoms with Gasteiger partial charge in [0.1, 0.15) is 6.61 Å². The van der Waals surface area contributed by atoms with Crippen molar-refractivity contribution in [3.63, 3.8) is 0 Å². The van der Waals surface area contributed by atoms with Crippen LogP contribution in [0.3, 0.4) is 0 Å². The summed E-state index contributed by atoms with van der Waals surface area (Å²) < 4.78 is 12.3. The number of carbonyl (C=O) groups excluding carboxylic acids is 2. The number of benzene rings is 3. The van der Waals surface area contributed by atoms with Crippen molar-refractivity contribution in [3.05, 3.63) is 97.6 Å². The number of allylic oxidation sites excluding steroid dienone is 1. The van der Waals surface area contributed by atoms with Crippen molar-refractivity contribution >= 4 is 52.0 Å². The zero-order chi connectivity index (χ0) is 22.4. The van der Waals surface area contributed by atoms with Crippen LogP contribution in [0.25, 0.3) is 6.08 Å². The first-order valence-corrected chi connectivity index (χ1v) is 10.7. The Morgan fingerprint density at radius 3 is 2.52 bits per heavy atom. The Morgan fingerprint density at radius 2 is 1.81 bits per heavy atom. The summed E-state index contributed by atoms with van der Waals surface area (Å²) in [4.78, 5) is 23.8. The third-order valence-corrected chi connectivity index (χ3v) is 5.42. The molecule has 1 amide bonds. The van der Waals surface area contributed by atoms with Gasteiger partial charge in [-0.25, -0.2) is 0 Å². The SMILES string of the molecule is COc1cc(C=CC(=O)c2cccc(C(N)=O)c2)cc(I)c1OCc1cccc(Cl)c1. The van der Waals surface area contributed by atoms with Gasteiger partial charge in [-0.15, -0.1) is 0 Å². The minimum absolute atomic E-state index is 0.238. The van der Waals surface area contributed by atoms with Gasteiger partial charge in [0.15, 0.2) is 17.3 Å². The Balaban J connectivity index is 1.78. The van der Waals surface area contributed by atoms with Crippen LogP contribution in [0.4, 0.5) is 0 Å². The van der Waals surface area contributed by atoms with Crippen molar-refractivity contribution in [1.82, 2.24) is 0 Å². The second-order valence-corrected chi connectivity index (χ2v) is 8.19. The monoisotopic (exact) mass is 547 g/mol. The molecule has 0 aliphatic carbocycles.